The van der Waals surface area contributed by atoms with Gasteiger partial charge in [-0.3, -0.25) is 0 Å². The smallest absolute Gasteiger partial charge is 0.214 e. The Hall–Kier alpha value is -0.170. The van der Waals surface area contributed by atoms with Crippen molar-refractivity contribution >= 4 is 10.0 Å². The molecule has 2 heterocycles. The zero-order chi connectivity index (χ0) is 11.2. The Balaban J connectivity index is 1.53. The predicted octanol–water partition coefficient (Wildman–Crippen LogP) is -0.697. The molecule has 5 nitrogen and oxygen atoms in total. The highest BCUT2D eigenvalue weighted by molar-refractivity contribution is 7.89. The Morgan fingerprint density at radius 1 is 1.31 bits per heavy atom. The fourth-order valence-electron chi connectivity index (χ4n) is 2.87. The van der Waals surface area contributed by atoms with Crippen LogP contribution in [0.2, 0.25) is 0 Å². The van der Waals surface area contributed by atoms with E-state index in [1.807, 2.05) is 0 Å². The molecule has 1 aliphatic carbocycles. The summed E-state index contributed by atoms with van der Waals surface area (Å²) in [5, 5.41) is 3.25. The first-order valence-corrected chi connectivity index (χ1v) is 7.63. The summed E-state index contributed by atoms with van der Waals surface area (Å²) in [5.74, 6) is 1.19. The molecule has 0 radical (unpaired) electrons. The van der Waals surface area contributed by atoms with Crippen molar-refractivity contribution in [3.8, 4) is 0 Å². The average molecular weight is 246 g/mol. The van der Waals surface area contributed by atoms with Gasteiger partial charge in [0.25, 0.3) is 0 Å². The molecule has 3 fully saturated rings. The fourth-order valence-corrected chi connectivity index (χ4v) is 4.48. The molecule has 6 heteroatoms. The van der Waals surface area contributed by atoms with Crippen molar-refractivity contribution in [3.05, 3.63) is 0 Å². The molecule has 3 rings (SSSR count). The minimum atomic E-state index is -3.15. The van der Waals surface area contributed by atoms with E-state index in [0.717, 1.165) is 25.9 Å². The second-order valence-corrected chi connectivity index (χ2v) is 6.84. The summed E-state index contributed by atoms with van der Waals surface area (Å²) >= 11 is 0. The molecule has 0 aromatic rings. The molecule has 2 saturated heterocycles. The highest BCUT2D eigenvalue weighted by Gasteiger charge is 2.54. The second-order valence-electron chi connectivity index (χ2n) is 5.05. The van der Waals surface area contributed by atoms with Crippen molar-refractivity contribution in [2.75, 3.05) is 25.4 Å². The molecule has 3 aliphatic rings. The van der Waals surface area contributed by atoms with Crippen LogP contribution in [-0.4, -0.2) is 46.0 Å². The summed E-state index contributed by atoms with van der Waals surface area (Å²) in [6, 6.07) is 0.188. The summed E-state index contributed by atoms with van der Waals surface area (Å²) in [5.41, 5.74) is 0. The minimum absolute atomic E-state index is 0.0887. The van der Waals surface area contributed by atoms with Crippen LogP contribution in [0.15, 0.2) is 0 Å². The number of ether oxygens (including phenoxy) is 1. The lowest BCUT2D eigenvalue weighted by Crippen LogP contribution is -2.37. The maximum Gasteiger partial charge on any atom is 0.214 e. The zero-order valence-electron chi connectivity index (χ0n) is 9.19. The summed E-state index contributed by atoms with van der Waals surface area (Å²) < 4.78 is 31.9. The van der Waals surface area contributed by atoms with Gasteiger partial charge in [0.15, 0.2) is 0 Å². The van der Waals surface area contributed by atoms with Gasteiger partial charge in [-0.2, -0.15) is 0 Å². The number of hydrogen-bond donors (Lipinski definition) is 2. The van der Waals surface area contributed by atoms with Gasteiger partial charge < -0.3 is 10.1 Å². The van der Waals surface area contributed by atoms with Crippen LogP contribution in [-0.2, 0) is 14.8 Å². The molecular formula is C10H18N2O3S. The van der Waals surface area contributed by atoms with E-state index >= 15 is 0 Å². The molecule has 0 aromatic heterocycles. The van der Waals surface area contributed by atoms with Gasteiger partial charge in [-0.15, -0.1) is 0 Å². The SMILES string of the molecule is O=S(=O)(CC1CCCO1)NC1C2CNCC21. The third-order valence-corrected chi connectivity index (χ3v) is 5.28. The van der Waals surface area contributed by atoms with Crippen LogP contribution in [0, 0.1) is 11.8 Å². The van der Waals surface area contributed by atoms with Crippen LogP contribution in [0.1, 0.15) is 12.8 Å². The Labute approximate surface area is 96.0 Å². The van der Waals surface area contributed by atoms with Gasteiger partial charge in [0.1, 0.15) is 0 Å². The molecule has 16 heavy (non-hydrogen) atoms. The third kappa shape index (κ3) is 2.11. The van der Waals surface area contributed by atoms with Gasteiger partial charge >= 0.3 is 0 Å². The van der Waals surface area contributed by atoms with Crippen molar-refractivity contribution < 1.29 is 13.2 Å². The van der Waals surface area contributed by atoms with E-state index < -0.39 is 10.0 Å². The molecule has 2 aliphatic heterocycles. The molecule has 3 unspecified atom stereocenters. The summed E-state index contributed by atoms with van der Waals surface area (Å²) in [7, 11) is -3.15. The Morgan fingerprint density at radius 2 is 2.06 bits per heavy atom. The van der Waals surface area contributed by atoms with Crippen molar-refractivity contribution in [2.24, 2.45) is 11.8 Å². The van der Waals surface area contributed by atoms with Gasteiger partial charge in [-0.1, -0.05) is 0 Å². The number of hydrogen-bond acceptors (Lipinski definition) is 4. The van der Waals surface area contributed by atoms with Crippen LogP contribution in [0.5, 0.6) is 0 Å². The van der Waals surface area contributed by atoms with Gasteiger partial charge in [0.2, 0.25) is 10.0 Å². The molecule has 0 spiro atoms. The molecule has 0 bridgehead atoms. The van der Waals surface area contributed by atoms with Crippen LogP contribution >= 0.6 is 0 Å². The lowest BCUT2D eigenvalue weighted by atomic mass is 10.3. The molecule has 1 saturated carbocycles. The zero-order valence-corrected chi connectivity index (χ0v) is 10.0. The highest BCUT2D eigenvalue weighted by Crippen LogP contribution is 2.42. The predicted molar refractivity (Wildman–Crippen MR) is 59.5 cm³/mol. The van der Waals surface area contributed by atoms with E-state index in [-0.39, 0.29) is 17.9 Å². The third-order valence-electron chi connectivity index (χ3n) is 3.84. The van der Waals surface area contributed by atoms with Gasteiger partial charge in [0.05, 0.1) is 11.9 Å². The van der Waals surface area contributed by atoms with E-state index in [2.05, 4.69) is 10.0 Å². The van der Waals surface area contributed by atoms with Crippen molar-refractivity contribution in [1.29, 1.82) is 0 Å². The second kappa shape index (κ2) is 3.94. The molecule has 0 aromatic carbocycles. The Kier molecular flexibility index (Phi) is 2.70. The van der Waals surface area contributed by atoms with Gasteiger partial charge in [-0.05, 0) is 37.8 Å². The first kappa shape index (κ1) is 11.0. The van der Waals surface area contributed by atoms with Gasteiger partial charge in [0, 0.05) is 12.6 Å². The Bertz CT molecular complexity index is 354. The summed E-state index contributed by atoms with van der Waals surface area (Å²) in [6.07, 6.45) is 1.77. The Morgan fingerprint density at radius 3 is 2.69 bits per heavy atom. The standard InChI is InChI=1S/C10H18N2O3S/c13-16(14,6-7-2-1-3-15-7)12-10-8-4-11-5-9(8)10/h7-12H,1-6H2. The first-order chi connectivity index (χ1) is 7.66. The molecule has 2 N–H and O–H groups in total. The van der Waals surface area contributed by atoms with E-state index in [4.69, 9.17) is 4.74 Å². The normalized spacial score (nSPS) is 42.2. The summed E-state index contributed by atoms with van der Waals surface area (Å²) in [6.45, 7) is 2.62. The van der Waals surface area contributed by atoms with E-state index in [1.54, 1.807) is 0 Å². The van der Waals surface area contributed by atoms with E-state index in [0.29, 0.717) is 18.4 Å². The van der Waals surface area contributed by atoms with Crippen molar-refractivity contribution in [1.82, 2.24) is 10.0 Å². The number of nitrogens with one attached hydrogen (secondary N) is 2. The number of rotatable bonds is 4. The average Bonchev–Trinajstić information content (AvgIpc) is 2.68. The summed E-state index contributed by atoms with van der Waals surface area (Å²) in [4.78, 5) is 0. The first-order valence-electron chi connectivity index (χ1n) is 5.98. The highest BCUT2D eigenvalue weighted by atomic mass is 32.2. The molecular weight excluding hydrogens is 228 g/mol. The quantitative estimate of drug-likeness (QED) is 0.688. The molecule has 92 valence electrons. The minimum Gasteiger partial charge on any atom is -0.377 e. The van der Waals surface area contributed by atoms with E-state index in [1.165, 1.54) is 0 Å². The van der Waals surface area contributed by atoms with Crippen molar-refractivity contribution in [3.63, 3.8) is 0 Å². The lowest BCUT2D eigenvalue weighted by Gasteiger charge is -2.12. The molecule has 3 atom stereocenters. The largest absolute Gasteiger partial charge is 0.377 e. The number of sulfonamides is 1. The van der Waals surface area contributed by atoms with Crippen LogP contribution in [0.4, 0.5) is 0 Å². The maximum absolute atomic E-state index is 11.9. The van der Waals surface area contributed by atoms with Crippen LogP contribution in [0.25, 0.3) is 0 Å². The van der Waals surface area contributed by atoms with E-state index in [9.17, 15) is 8.42 Å². The monoisotopic (exact) mass is 246 g/mol. The topological polar surface area (TPSA) is 67.4 Å². The van der Waals surface area contributed by atoms with Gasteiger partial charge in [-0.25, -0.2) is 13.1 Å². The van der Waals surface area contributed by atoms with Crippen molar-refractivity contribution in [2.45, 2.75) is 25.0 Å². The molecule has 0 amide bonds. The number of fused-ring (bicyclic) bond motifs is 1. The number of piperidine rings is 1. The maximum atomic E-state index is 11.9. The van der Waals surface area contributed by atoms with Crippen LogP contribution < -0.4 is 10.0 Å². The lowest BCUT2D eigenvalue weighted by molar-refractivity contribution is 0.127. The van der Waals surface area contributed by atoms with Crippen LogP contribution in [0.3, 0.4) is 0 Å². The fraction of sp³-hybridized carbons (Fsp3) is 1.00.